The van der Waals surface area contributed by atoms with E-state index in [9.17, 15) is 33.9 Å². The maximum atomic E-state index is 13.2. The maximum Gasteiger partial charge on any atom is 1.00 e. The number of amides is 3. The SMILES string of the molecule is CCOC(=O)Cl.CCOC(=O)N1CCc2ccccc2[C@@H]1c1ccccc1.CC[O-].O=C(O)CCC(=O)O.O=C(O[C@H]1CN2CCC1CC2)N1CCc2ccccc2[C@@H]1c1ccccc1.O=C(O[C@H]1CN2CCC1CC2)N1CCc2ccccc2[C@@H]1c1ccccc1.O[C@H]1CN2CCC1CC2.[Na+].c1ccc([C@@H]2NCCc3ccccc32)cc1. The number of hydrogen-bond donors (Lipinski definition) is 4. The molecule has 0 aromatic heterocycles. The van der Waals surface area contributed by atoms with Gasteiger partial charge in [-0.3, -0.25) is 34.1 Å². The number of nitrogens with zero attached hydrogens (tertiary/aromatic N) is 6. The van der Waals surface area contributed by atoms with Crippen LogP contribution in [-0.4, -0.2) is 204 Å². The quantitative estimate of drug-likeness (QED) is 0.0533. The first-order valence-electron chi connectivity index (χ1n) is 41.8. The zero-order valence-corrected chi connectivity index (χ0v) is 71.5. The largest absolute Gasteiger partial charge is 1.00 e. The normalized spacial score (nSPS) is 23.9. The number of carboxylic acid groups (broad SMARTS) is 2. The summed E-state index contributed by atoms with van der Waals surface area (Å²) in [6.45, 7) is 18.8. The molecule has 0 unspecified atom stereocenters. The second-order valence-electron chi connectivity index (χ2n) is 30.9. The maximum absolute atomic E-state index is 13.2. The van der Waals surface area contributed by atoms with Gasteiger partial charge in [0, 0.05) is 57.4 Å². The summed E-state index contributed by atoms with van der Waals surface area (Å²) in [5.41, 5.74) is 14.6. The molecule has 6 bridgehead atoms. The van der Waals surface area contributed by atoms with Crippen LogP contribution in [0.2, 0.25) is 0 Å². The molecule has 21 rings (SSSR count). The fourth-order valence-corrected chi connectivity index (χ4v) is 17.8. The topological polar surface area (TPSA) is 255 Å². The van der Waals surface area contributed by atoms with E-state index in [4.69, 9.17) is 41.1 Å². The molecule has 8 aromatic rings. The number of carbonyl (C=O) groups is 6. The average molecular weight is 1640 g/mol. The summed E-state index contributed by atoms with van der Waals surface area (Å²) < 4.78 is 21.6. The van der Waals surface area contributed by atoms with E-state index in [0.717, 1.165) is 120 Å². The number of aliphatic hydroxyl groups is 1. The summed E-state index contributed by atoms with van der Waals surface area (Å²) in [4.78, 5) is 80.5. The predicted molar refractivity (Wildman–Crippen MR) is 451 cm³/mol. The Morgan fingerprint density at radius 2 is 0.703 bits per heavy atom. The van der Waals surface area contributed by atoms with Crippen LogP contribution in [-0.2, 0) is 54.2 Å². The molecule has 118 heavy (non-hydrogen) atoms. The van der Waals surface area contributed by atoms with Crippen molar-refractivity contribution in [2.45, 2.75) is 140 Å². The number of carboxylic acids is 2. The Balaban J connectivity index is 0.000000152. The molecule has 4 N–H and O–H groups in total. The first kappa shape index (κ1) is 91.3. The van der Waals surface area contributed by atoms with Crippen LogP contribution in [0.1, 0.15) is 163 Å². The van der Waals surface area contributed by atoms with Gasteiger partial charge in [-0.2, -0.15) is 0 Å². The molecule has 13 aliphatic heterocycles. The summed E-state index contributed by atoms with van der Waals surface area (Å²) in [7, 11) is 0. The molecule has 9 saturated heterocycles. The third kappa shape index (κ3) is 25.5. The van der Waals surface area contributed by atoms with E-state index in [-0.39, 0.29) is 104 Å². The number of aliphatic carboxylic acids is 2. The minimum absolute atomic E-state index is 0. The molecule has 7 atom stereocenters. The molecule has 9 fully saturated rings. The summed E-state index contributed by atoms with van der Waals surface area (Å²) in [6.07, 6.45) is 9.80. The van der Waals surface area contributed by atoms with E-state index in [1.807, 2.05) is 82.3 Å². The predicted octanol–water partition coefficient (Wildman–Crippen LogP) is 12.2. The number of nitrogens with one attached hydrogen (secondary N) is 1. The Morgan fingerprint density at radius 1 is 0.398 bits per heavy atom. The van der Waals surface area contributed by atoms with Crippen molar-refractivity contribution in [3.63, 3.8) is 0 Å². The van der Waals surface area contributed by atoms with Gasteiger partial charge in [-0.15, -0.1) is 6.61 Å². The van der Waals surface area contributed by atoms with Gasteiger partial charge in [-0.1, -0.05) is 225 Å². The third-order valence-electron chi connectivity index (χ3n) is 23.5. The van der Waals surface area contributed by atoms with Crippen molar-refractivity contribution < 1.29 is 97.7 Å². The first-order valence-corrected chi connectivity index (χ1v) is 42.2. The summed E-state index contributed by atoms with van der Waals surface area (Å²) in [5.74, 6) is -0.452. The van der Waals surface area contributed by atoms with Crippen molar-refractivity contribution >= 4 is 47.2 Å². The van der Waals surface area contributed by atoms with Crippen molar-refractivity contribution in [3.8, 4) is 0 Å². The Hall–Kier alpha value is -8.97. The Bertz CT molecular complexity index is 4270. The van der Waals surface area contributed by atoms with Crippen molar-refractivity contribution in [3.05, 3.63) is 285 Å². The number of halogens is 1. The standard InChI is InChI=1S/2C23H26N2O2.C18H19NO2.C15H15N.C7H13NO.C4H6O4.C3H5ClO2.C2H5O.Na/c2*26-23(27-21-16-24-13-10-18(21)11-14-24)25-15-12-17-6-4-5-9-20(17)22(25)19-7-2-1-3-8-19;1-2-21-18(20)19-13-12-14-8-6-7-11-16(14)17(19)15-9-4-3-5-10-15;1-2-7-13(8-3-1)15-14-9-5-4-6-12(14)10-11-16-15;9-7-5-8-3-1-6(7)2-4-8;5-3(6)1-2-4(7)8;1-2-6-3(4)5;1-2-3;/h2*1-9,18,21-22H,10-16H2;3-11,17H,2,12-13H2,1H3;1-9,15-16H,10-11H2;6-7,9H,1-5H2;1-2H2,(H,5,6)(H,7,8);2H2,1H3;2H2,1H3;/q;;;;;;;-1;+1/t2*21-,22-;17-;15-;7-;;;;/m00000..../s1. The summed E-state index contributed by atoms with van der Waals surface area (Å²) in [5, 5.41) is 37.7. The van der Waals surface area contributed by atoms with Gasteiger partial charge in [-0.25, -0.2) is 19.2 Å². The molecule has 13 aliphatic rings. The van der Waals surface area contributed by atoms with E-state index in [0.29, 0.717) is 56.6 Å². The van der Waals surface area contributed by atoms with Gasteiger partial charge in [0.05, 0.1) is 56.3 Å². The van der Waals surface area contributed by atoms with Crippen LogP contribution in [0.5, 0.6) is 0 Å². The molecule has 0 saturated carbocycles. The van der Waals surface area contributed by atoms with Crippen LogP contribution in [0.15, 0.2) is 218 Å². The van der Waals surface area contributed by atoms with Crippen LogP contribution in [0.4, 0.5) is 19.2 Å². The molecule has 0 spiro atoms. The molecule has 8 aromatic carbocycles. The van der Waals surface area contributed by atoms with Crippen molar-refractivity contribution in [2.24, 2.45) is 17.8 Å². The number of piperidine rings is 9. The fraction of sp³-hybridized carbons (Fsp3) is 0.432. The van der Waals surface area contributed by atoms with Gasteiger partial charge in [-0.05, 0) is 202 Å². The van der Waals surface area contributed by atoms with E-state index in [2.05, 4.69) is 182 Å². The van der Waals surface area contributed by atoms with Gasteiger partial charge < -0.3 is 49.6 Å². The molecule has 23 heteroatoms. The number of aliphatic hydroxyl groups excluding tert-OH is 1. The molecule has 622 valence electrons. The number of hydrogen-bond acceptors (Lipinski definition) is 16. The Kier molecular flexibility index (Phi) is 36.5. The monoisotopic (exact) mass is 1640 g/mol. The average Bonchev–Trinajstić information content (AvgIpc) is 0.786. The van der Waals surface area contributed by atoms with Crippen molar-refractivity contribution in [1.82, 2.24) is 34.7 Å². The van der Waals surface area contributed by atoms with Crippen molar-refractivity contribution in [2.75, 3.05) is 105 Å². The zero-order chi connectivity index (χ0) is 82.4. The smallest absolute Gasteiger partial charge is 0.855 e. The number of fused-ring (bicyclic) bond motifs is 13. The van der Waals surface area contributed by atoms with Crippen molar-refractivity contribution in [1.29, 1.82) is 0 Å². The number of carbonyl (C=O) groups excluding carboxylic acids is 4. The van der Waals surface area contributed by atoms with Gasteiger partial charge in [0.2, 0.25) is 0 Å². The first-order chi connectivity index (χ1) is 57.0. The van der Waals surface area contributed by atoms with Crippen LogP contribution in [0.25, 0.3) is 0 Å². The van der Waals surface area contributed by atoms with Gasteiger partial charge >= 0.3 is 65.2 Å². The summed E-state index contributed by atoms with van der Waals surface area (Å²) >= 11 is 4.72. The number of rotatable bonds is 11. The molecule has 21 nitrogen and oxygen atoms in total. The third-order valence-corrected chi connectivity index (χ3v) is 23.6. The minimum Gasteiger partial charge on any atom is -0.855 e. The molecular weight excluding hydrogens is 1520 g/mol. The number of benzene rings is 8. The fourth-order valence-electron chi connectivity index (χ4n) is 17.7. The number of ether oxygens (including phenoxy) is 4. The second-order valence-corrected chi connectivity index (χ2v) is 31.2. The van der Waals surface area contributed by atoms with E-state index < -0.39 is 17.4 Å². The second kappa shape index (κ2) is 47.1. The zero-order valence-electron chi connectivity index (χ0n) is 68.8. The molecule has 13 heterocycles. The molecular formula is C95H115ClN7NaO14. The van der Waals surface area contributed by atoms with Gasteiger partial charge in [0.25, 0.3) is 0 Å². The van der Waals surface area contributed by atoms with Crippen LogP contribution in [0.3, 0.4) is 0 Å². The van der Waals surface area contributed by atoms with Gasteiger partial charge in [0.1, 0.15) is 12.2 Å². The summed E-state index contributed by atoms with van der Waals surface area (Å²) in [6, 6.07) is 75.7. The van der Waals surface area contributed by atoms with Crippen LogP contribution in [0, 0.1) is 17.8 Å². The Labute approximate surface area is 722 Å². The van der Waals surface area contributed by atoms with E-state index in [1.165, 1.54) is 76.0 Å². The molecule has 3 amide bonds. The van der Waals surface area contributed by atoms with Crippen LogP contribution >= 0.6 is 11.6 Å². The van der Waals surface area contributed by atoms with E-state index >= 15 is 0 Å². The molecule has 0 aliphatic carbocycles. The van der Waals surface area contributed by atoms with Gasteiger partial charge in [0.15, 0.2) is 0 Å². The van der Waals surface area contributed by atoms with E-state index in [1.54, 1.807) is 13.8 Å². The Morgan fingerprint density at radius 3 is 0.992 bits per heavy atom. The molecule has 0 radical (unpaired) electrons. The minimum atomic E-state index is -1.08. The van der Waals surface area contributed by atoms with Crippen LogP contribution < -0.4 is 40.0 Å².